The second-order valence-corrected chi connectivity index (χ2v) is 7.78. The van der Waals surface area contributed by atoms with Gasteiger partial charge in [-0.2, -0.15) is 0 Å². The Morgan fingerprint density at radius 2 is 1.28 bits per heavy atom. The molecule has 4 aromatic carbocycles. The molecule has 0 radical (unpaired) electrons. The van der Waals surface area contributed by atoms with Crippen molar-refractivity contribution in [2.45, 2.75) is 13.1 Å². The summed E-state index contributed by atoms with van der Waals surface area (Å²) in [5, 5.41) is 0. The standard InChI is InChI=1S/C28H23NO3/c30-28(25-14-12-24(13-15-25)23-9-5-2-6-10-23)29(18-21-7-3-1-4-8-21)19-22-11-16-26-27(17-22)32-20-31-26/h1-17H,18-20H2. The van der Waals surface area contributed by atoms with Crippen LogP contribution < -0.4 is 9.47 Å². The van der Waals surface area contributed by atoms with E-state index in [2.05, 4.69) is 12.1 Å². The maximum absolute atomic E-state index is 13.5. The number of nitrogens with zero attached hydrogens (tertiary/aromatic N) is 1. The van der Waals surface area contributed by atoms with Gasteiger partial charge in [0.15, 0.2) is 11.5 Å². The maximum atomic E-state index is 13.5. The van der Waals surface area contributed by atoms with Crippen LogP contribution >= 0.6 is 0 Å². The highest BCUT2D eigenvalue weighted by atomic mass is 16.7. The van der Waals surface area contributed by atoms with Crippen LogP contribution in [0.25, 0.3) is 11.1 Å². The molecule has 0 saturated carbocycles. The van der Waals surface area contributed by atoms with E-state index in [9.17, 15) is 4.79 Å². The van der Waals surface area contributed by atoms with Crippen molar-refractivity contribution in [2.24, 2.45) is 0 Å². The third-order valence-electron chi connectivity index (χ3n) is 5.55. The molecule has 0 aliphatic carbocycles. The monoisotopic (exact) mass is 421 g/mol. The molecule has 5 rings (SSSR count). The van der Waals surface area contributed by atoms with Crippen LogP contribution in [-0.4, -0.2) is 17.6 Å². The zero-order chi connectivity index (χ0) is 21.8. The first-order valence-corrected chi connectivity index (χ1v) is 10.6. The number of benzene rings is 4. The number of hydrogen-bond donors (Lipinski definition) is 0. The van der Waals surface area contributed by atoms with Crippen molar-refractivity contribution in [3.8, 4) is 22.6 Å². The topological polar surface area (TPSA) is 38.8 Å². The molecule has 32 heavy (non-hydrogen) atoms. The van der Waals surface area contributed by atoms with Crippen LogP contribution in [0, 0.1) is 0 Å². The molecule has 1 amide bonds. The summed E-state index contributed by atoms with van der Waals surface area (Å²) in [5.41, 5.74) is 4.98. The van der Waals surface area contributed by atoms with E-state index < -0.39 is 0 Å². The molecule has 4 nitrogen and oxygen atoms in total. The average molecular weight is 421 g/mol. The van der Waals surface area contributed by atoms with Gasteiger partial charge in [0, 0.05) is 18.7 Å². The Labute approximate surface area is 187 Å². The minimum Gasteiger partial charge on any atom is -0.454 e. The van der Waals surface area contributed by atoms with Crippen molar-refractivity contribution >= 4 is 5.91 Å². The molecule has 0 atom stereocenters. The molecular weight excluding hydrogens is 398 g/mol. The molecule has 0 aromatic heterocycles. The van der Waals surface area contributed by atoms with Crippen LogP contribution in [-0.2, 0) is 13.1 Å². The highest BCUT2D eigenvalue weighted by molar-refractivity contribution is 5.94. The fourth-order valence-corrected chi connectivity index (χ4v) is 3.88. The molecule has 0 fully saturated rings. The van der Waals surface area contributed by atoms with E-state index >= 15 is 0 Å². The van der Waals surface area contributed by atoms with Crippen molar-refractivity contribution in [3.05, 3.63) is 120 Å². The van der Waals surface area contributed by atoms with Crippen molar-refractivity contribution in [3.63, 3.8) is 0 Å². The predicted molar refractivity (Wildman–Crippen MR) is 124 cm³/mol. The predicted octanol–water partition coefficient (Wildman–Crippen LogP) is 5.92. The third kappa shape index (κ3) is 4.35. The molecule has 0 N–H and O–H groups in total. The third-order valence-corrected chi connectivity index (χ3v) is 5.55. The first-order valence-electron chi connectivity index (χ1n) is 10.6. The summed E-state index contributed by atoms with van der Waals surface area (Å²) in [6, 6.07) is 33.9. The Kier molecular flexibility index (Phi) is 5.58. The van der Waals surface area contributed by atoms with Gasteiger partial charge in [-0.3, -0.25) is 4.79 Å². The van der Waals surface area contributed by atoms with E-state index in [1.807, 2.05) is 95.9 Å². The fraction of sp³-hybridized carbons (Fsp3) is 0.107. The zero-order valence-corrected chi connectivity index (χ0v) is 17.6. The molecule has 0 saturated heterocycles. The number of ether oxygens (including phenoxy) is 2. The summed E-state index contributed by atoms with van der Waals surface area (Å²) >= 11 is 0. The lowest BCUT2D eigenvalue weighted by atomic mass is 10.0. The highest BCUT2D eigenvalue weighted by Crippen LogP contribution is 2.33. The van der Waals surface area contributed by atoms with Gasteiger partial charge in [-0.15, -0.1) is 0 Å². The van der Waals surface area contributed by atoms with Gasteiger partial charge in [0.25, 0.3) is 5.91 Å². The first kappa shape index (κ1) is 19.9. The van der Waals surface area contributed by atoms with Crippen LogP contribution in [0.1, 0.15) is 21.5 Å². The van der Waals surface area contributed by atoms with Gasteiger partial charge in [-0.05, 0) is 46.5 Å². The summed E-state index contributed by atoms with van der Waals surface area (Å²) in [4.78, 5) is 15.4. The van der Waals surface area contributed by atoms with E-state index in [1.165, 1.54) is 0 Å². The summed E-state index contributed by atoms with van der Waals surface area (Å²) < 4.78 is 10.9. The molecule has 0 unspecified atom stereocenters. The quantitative estimate of drug-likeness (QED) is 0.388. The minimum absolute atomic E-state index is 0.00821. The van der Waals surface area contributed by atoms with Gasteiger partial charge in [0.05, 0.1) is 0 Å². The lowest BCUT2D eigenvalue weighted by Crippen LogP contribution is -2.30. The minimum atomic E-state index is -0.00821. The number of hydrogen-bond acceptors (Lipinski definition) is 3. The largest absolute Gasteiger partial charge is 0.454 e. The Bertz CT molecular complexity index is 1200. The Hall–Kier alpha value is -4.05. The molecule has 1 aliphatic rings. The SMILES string of the molecule is O=C(c1ccc(-c2ccccc2)cc1)N(Cc1ccccc1)Cc1ccc2c(c1)OCO2. The zero-order valence-electron chi connectivity index (χ0n) is 17.6. The Morgan fingerprint density at radius 1 is 0.656 bits per heavy atom. The summed E-state index contributed by atoms with van der Waals surface area (Å²) in [6.45, 7) is 1.23. The van der Waals surface area contributed by atoms with Gasteiger partial charge in [0.1, 0.15) is 0 Å². The molecule has 0 bridgehead atoms. The molecule has 1 heterocycles. The molecule has 1 aliphatic heterocycles. The van der Waals surface area contributed by atoms with Crippen molar-refractivity contribution in [1.29, 1.82) is 0 Å². The van der Waals surface area contributed by atoms with Crippen molar-refractivity contribution in [2.75, 3.05) is 6.79 Å². The van der Waals surface area contributed by atoms with Crippen LogP contribution in [0.3, 0.4) is 0 Å². The second-order valence-electron chi connectivity index (χ2n) is 7.78. The fourth-order valence-electron chi connectivity index (χ4n) is 3.88. The summed E-state index contributed by atoms with van der Waals surface area (Å²) in [7, 11) is 0. The lowest BCUT2D eigenvalue weighted by Gasteiger charge is -2.23. The van der Waals surface area contributed by atoms with Crippen molar-refractivity contribution < 1.29 is 14.3 Å². The molecule has 4 heteroatoms. The van der Waals surface area contributed by atoms with E-state index in [0.717, 1.165) is 33.8 Å². The maximum Gasteiger partial charge on any atom is 0.254 e. The molecule has 158 valence electrons. The number of fused-ring (bicyclic) bond motifs is 1. The smallest absolute Gasteiger partial charge is 0.254 e. The highest BCUT2D eigenvalue weighted by Gasteiger charge is 2.19. The molecule has 0 spiro atoms. The van der Waals surface area contributed by atoms with Gasteiger partial charge in [-0.25, -0.2) is 0 Å². The summed E-state index contributed by atoms with van der Waals surface area (Å²) in [6.07, 6.45) is 0. The number of amides is 1. The summed E-state index contributed by atoms with van der Waals surface area (Å²) in [5.74, 6) is 1.46. The van der Waals surface area contributed by atoms with Crippen LogP contribution in [0.15, 0.2) is 103 Å². The lowest BCUT2D eigenvalue weighted by molar-refractivity contribution is 0.0730. The Morgan fingerprint density at radius 3 is 2.03 bits per heavy atom. The average Bonchev–Trinajstić information content (AvgIpc) is 3.32. The van der Waals surface area contributed by atoms with Crippen LogP contribution in [0.4, 0.5) is 0 Å². The van der Waals surface area contributed by atoms with E-state index in [4.69, 9.17) is 9.47 Å². The van der Waals surface area contributed by atoms with Gasteiger partial charge in [0.2, 0.25) is 6.79 Å². The van der Waals surface area contributed by atoms with Crippen molar-refractivity contribution in [1.82, 2.24) is 4.90 Å². The van der Waals surface area contributed by atoms with E-state index in [1.54, 1.807) is 0 Å². The van der Waals surface area contributed by atoms with Crippen LogP contribution in [0.2, 0.25) is 0 Å². The van der Waals surface area contributed by atoms with E-state index in [0.29, 0.717) is 18.7 Å². The number of carbonyl (C=O) groups excluding carboxylic acids is 1. The number of rotatable bonds is 6. The second kappa shape index (κ2) is 8.98. The van der Waals surface area contributed by atoms with E-state index in [-0.39, 0.29) is 12.7 Å². The van der Waals surface area contributed by atoms with Crippen LogP contribution in [0.5, 0.6) is 11.5 Å². The molecule has 4 aromatic rings. The Balaban J connectivity index is 1.41. The van der Waals surface area contributed by atoms with Gasteiger partial charge in [-0.1, -0.05) is 78.9 Å². The first-order chi connectivity index (χ1) is 15.8. The molecular formula is C28H23NO3. The van der Waals surface area contributed by atoms with Gasteiger partial charge < -0.3 is 14.4 Å². The number of carbonyl (C=O) groups is 1. The van der Waals surface area contributed by atoms with Gasteiger partial charge >= 0.3 is 0 Å². The normalized spacial score (nSPS) is 11.9.